The summed E-state index contributed by atoms with van der Waals surface area (Å²) in [6, 6.07) is 0. The Balaban J connectivity index is 2.70. The highest BCUT2D eigenvalue weighted by molar-refractivity contribution is 7.91. The van der Waals surface area contributed by atoms with Crippen molar-refractivity contribution < 1.29 is 13.2 Å². The van der Waals surface area contributed by atoms with E-state index in [4.69, 9.17) is 0 Å². The minimum Gasteiger partial charge on any atom is -0.340 e. The Morgan fingerprint density at radius 1 is 1.58 bits per heavy atom. The van der Waals surface area contributed by atoms with Crippen molar-refractivity contribution in [3.63, 3.8) is 0 Å². The highest BCUT2D eigenvalue weighted by Crippen LogP contribution is 2.13. The zero-order chi connectivity index (χ0) is 9.19. The van der Waals surface area contributed by atoms with Gasteiger partial charge in [0.15, 0.2) is 9.84 Å². The normalized spacial score (nSPS) is 25.1. The highest BCUT2D eigenvalue weighted by atomic mass is 32.2. The van der Waals surface area contributed by atoms with Crippen molar-refractivity contribution in [3.05, 3.63) is 0 Å². The lowest BCUT2D eigenvalue weighted by molar-refractivity contribution is -0.122. The second-order valence-corrected chi connectivity index (χ2v) is 5.37. The molecule has 0 radical (unpaired) electrons. The quantitative estimate of drug-likeness (QED) is 0.670. The van der Waals surface area contributed by atoms with Gasteiger partial charge in [-0.05, 0) is 12.8 Å². The molecule has 12 heavy (non-hydrogen) atoms. The maximum absolute atomic E-state index is 11.3. The van der Waals surface area contributed by atoms with E-state index in [9.17, 15) is 13.2 Å². The summed E-state index contributed by atoms with van der Waals surface area (Å²) in [6.07, 6.45) is 1.69. The molecule has 0 bridgehead atoms. The van der Waals surface area contributed by atoms with Crippen molar-refractivity contribution in [1.29, 1.82) is 0 Å². The summed E-state index contributed by atoms with van der Waals surface area (Å²) in [6.45, 7) is 1.59. The van der Waals surface area contributed by atoms with E-state index in [1.807, 2.05) is 0 Å². The van der Waals surface area contributed by atoms with Crippen LogP contribution in [0.15, 0.2) is 0 Å². The minimum atomic E-state index is -3.09. The number of rotatable bonds is 2. The molecule has 0 aromatic carbocycles. The Morgan fingerprint density at radius 3 is 2.75 bits per heavy atom. The summed E-state index contributed by atoms with van der Waals surface area (Å²) >= 11 is 0. The van der Waals surface area contributed by atoms with E-state index in [1.54, 1.807) is 6.92 Å². The van der Waals surface area contributed by atoms with E-state index in [0.29, 0.717) is 19.3 Å². The van der Waals surface area contributed by atoms with Gasteiger partial charge in [0.25, 0.3) is 0 Å². The molecule has 1 aliphatic heterocycles. The standard InChI is InChI=1S/C7H13NO3S/c1-2-12(10,11)7-5-3-4-6(9)8-7/h7H,2-5H2,1H3,(H,8,9)/t7-/m0/s1. The van der Waals surface area contributed by atoms with Gasteiger partial charge in [-0.25, -0.2) is 8.42 Å². The molecule has 1 atom stereocenters. The van der Waals surface area contributed by atoms with Crippen LogP contribution in [0.2, 0.25) is 0 Å². The molecule has 1 saturated heterocycles. The molecule has 0 aromatic heterocycles. The van der Waals surface area contributed by atoms with Crippen molar-refractivity contribution >= 4 is 15.7 Å². The SMILES string of the molecule is CCS(=O)(=O)[C@H]1CCCC(=O)N1. The Morgan fingerprint density at radius 2 is 2.25 bits per heavy atom. The Kier molecular flexibility index (Phi) is 2.72. The second-order valence-electron chi connectivity index (χ2n) is 2.90. The molecule has 1 aliphatic rings. The van der Waals surface area contributed by atoms with Gasteiger partial charge in [-0.3, -0.25) is 4.79 Å². The number of hydrogen-bond acceptors (Lipinski definition) is 3. The number of carbonyl (C=O) groups is 1. The number of sulfone groups is 1. The van der Waals surface area contributed by atoms with Crippen LogP contribution in [-0.2, 0) is 14.6 Å². The van der Waals surface area contributed by atoms with Gasteiger partial charge in [0.05, 0.1) is 0 Å². The second kappa shape index (κ2) is 3.43. The fourth-order valence-corrected chi connectivity index (χ4v) is 2.48. The molecule has 5 heteroatoms. The van der Waals surface area contributed by atoms with Crippen LogP contribution >= 0.6 is 0 Å². The van der Waals surface area contributed by atoms with Gasteiger partial charge in [-0.2, -0.15) is 0 Å². The van der Waals surface area contributed by atoms with Gasteiger partial charge in [-0.15, -0.1) is 0 Å². The van der Waals surface area contributed by atoms with Gasteiger partial charge >= 0.3 is 0 Å². The molecule has 0 aliphatic carbocycles. The third kappa shape index (κ3) is 1.97. The predicted octanol–water partition coefficient (Wildman–Crippen LogP) is 0.0473. The maximum atomic E-state index is 11.3. The maximum Gasteiger partial charge on any atom is 0.221 e. The van der Waals surface area contributed by atoms with Crippen LogP contribution in [0.25, 0.3) is 0 Å². The first-order chi connectivity index (χ1) is 5.56. The van der Waals surface area contributed by atoms with Gasteiger partial charge in [-0.1, -0.05) is 6.92 Å². The monoisotopic (exact) mass is 191 g/mol. The van der Waals surface area contributed by atoms with Gasteiger partial charge in [0, 0.05) is 12.2 Å². The number of hydrogen-bond donors (Lipinski definition) is 1. The van der Waals surface area contributed by atoms with Crippen molar-refractivity contribution in [2.24, 2.45) is 0 Å². The molecule has 0 unspecified atom stereocenters. The zero-order valence-electron chi connectivity index (χ0n) is 7.04. The molecule has 1 rings (SSSR count). The average molecular weight is 191 g/mol. The van der Waals surface area contributed by atoms with Crippen LogP contribution < -0.4 is 5.32 Å². The molecule has 70 valence electrons. The number of nitrogens with one attached hydrogen (secondary N) is 1. The third-order valence-electron chi connectivity index (χ3n) is 2.03. The van der Waals surface area contributed by atoms with Crippen LogP contribution in [0.5, 0.6) is 0 Å². The van der Waals surface area contributed by atoms with E-state index >= 15 is 0 Å². The summed E-state index contributed by atoms with van der Waals surface area (Å²) in [7, 11) is -3.09. The molecule has 0 aromatic rings. The summed E-state index contributed by atoms with van der Waals surface area (Å²) in [5.74, 6) is -0.0546. The molecule has 1 heterocycles. The van der Waals surface area contributed by atoms with Gasteiger partial charge < -0.3 is 5.32 Å². The molecule has 1 amide bonds. The first-order valence-corrected chi connectivity index (χ1v) is 5.78. The lowest BCUT2D eigenvalue weighted by Crippen LogP contribution is -2.44. The third-order valence-corrected chi connectivity index (χ3v) is 4.05. The fraction of sp³-hybridized carbons (Fsp3) is 0.857. The van der Waals surface area contributed by atoms with Crippen LogP contribution in [0.3, 0.4) is 0 Å². The van der Waals surface area contributed by atoms with E-state index in [0.717, 1.165) is 0 Å². The van der Waals surface area contributed by atoms with Crippen molar-refractivity contribution in [2.75, 3.05) is 5.75 Å². The van der Waals surface area contributed by atoms with Crippen LogP contribution in [0.1, 0.15) is 26.2 Å². The summed E-state index contributed by atoms with van der Waals surface area (Å²) in [5.41, 5.74) is 0. The molecular formula is C7H13NO3S. The number of piperidine rings is 1. The lowest BCUT2D eigenvalue weighted by atomic mass is 10.2. The van der Waals surface area contributed by atoms with E-state index in [2.05, 4.69) is 5.32 Å². The molecule has 4 nitrogen and oxygen atoms in total. The van der Waals surface area contributed by atoms with Crippen LogP contribution in [0.4, 0.5) is 0 Å². The molecule has 1 fully saturated rings. The average Bonchev–Trinajstić information content (AvgIpc) is 2.05. The predicted molar refractivity (Wildman–Crippen MR) is 45.2 cm³/mol. The molecular weight excluding hydrogens is 178 g/mol. The van der Waals surface area contributed by atoms with Crippen LogP contribution in [0, 0.1) is 0 Å². The zero-order valence-corrected chi connectivity index (χ0v) is 7.86. The smallest absolute Gasteiger partial charge is 0.221 e. The van der Waals surface area contributed by atoms with Gasteiger partial charge in [0.2, 0.25) is 5.91 Å². The highest BCUT2D eigenvalue weighted by Gasteiger charge is 2.28. The summed E-state index contributed by atoms with van der Waals surface area (Å²) in [5, 5.41) is 1.85. The van der Waals surface area contributed by atoms with Gasteiger partial charge in [0.1, 0.15) is 5.37 Å². The van der Waals surface area contributed by atoms with Crippen molar-refractivity contribution in [3.8, 4) is 0 Å². The first kappa shape index (κ1) is 9.51. The molecule has 0 spiro atoms. The Labute approximate surface area is 72.3 Å². The number of amides is 1. The van der Waals surface area contributed by atoms with Crippen LogP contribution in [-0.4, -0.2) is 25.5 Å². The molecule has 1 N–H and O–H groups in total. The first-order valence-electron chi connectivity index (χ1n) is 4.07. The van der Waals surface area contributed by atoms with Crippen molar-refractivity contribution in [2.45, 2.75) is 31.6 Å². The van der Waals surface area contributed by atoms with E-state index in [1.165, 1.54) is 0 Å². The topological polar surface area (TPSA) is 63.2 Å². The fourth-order valence-electron chi connectivity index (χ4n) is 1.24. The van der Waals surface area contributed by atoms with E-state index in [-0.39, 0.29) is 11.7 Å². The number of carbonyl (C=O) groups excluding carboxylic acids is 1. The minimum absolute atomic E-state index is 0.0952. The molecule has 0 saturated carbocycles. The summed E-state index contributed by atoms with van der Waals surface area (Å²) < 4.78 is 22.6. The largest absolute Gasteiger partial charge is 0.340 e. The summed E-state index contributed by atoms with van der Waals surface area (Å²) in [4.78, 5) is 10.9. The lowest BCUT2D eigenvalue weighted by Gasteiger charge is -2.22. The van der Waals surface area contributed by atoms with E-state index < -0.39 is 15.2 Å². The van der Waals surface area contributed by atoms with Crippen molar-refractivity contribution in [1.82, 2.24) is 5.32 Å². The Hall–Kier alpha value is -0.580. The Bertz CT molecular complexity index is 270.